The Bertz CT molecular complexity index is 1110. The van der Waals surface area contributed by atoms with Crippen LogP contribution in [0.15, 0.2) is 48.5 Å². The van der Waals surface area contributed by atoms with Gasteiger partial charge in [0.15, 0.2) is 0 Å². The zero-order chi connectivity index (χ0) is 18.5. The normalized spacial score (nSPS) is 15.8. The number of nitrogens with zero attached hydrogens (tertiary/aromatic N) is 3. The summed E-state index contributed by atoms with van der Waals surface area (Å²) in [5, 5.41) is 12.0. The third-order valence-electron chi connectivity index (χ3n) is 5.38. The Morgan fingerprint density at radius 1 is 1.15 bits per heavy atom. The fourth-order valence-corrected chi connectivity index (χ4v) is 3.80. The SMILES string of the molecule is O=C(c1cc(C2CC2)nc2ccccc12)N1CCc2ccc([N+](=O)[O-])cc21. The summed E-state index contributed by atoms with van der Waals surface area (Å²) in [7, 11) is 0. The Balaban J connectivity index is 1.62. The topological polar surface area (TPSA) is 76.3 Å². The molecule has 2 heterocycles. The van der Waals surface area contributed by atoms with Crippen molar-refractivity contribution in [1.29, 1.82) is 0 Å². The van der Waals surface area contributed by atoms with Crippen molar-refractivity contribution in [3.05, 3.63) is 75.5 Å². The number of carbonyl (C=O) groups is 1. The summed E-state index contributed by atoms with van der Waals surface area (Å²) in [6, 6.07) is 14.3. The molecule has 1 fully saturated rings. The van der Waals surface area contributed by atoms with Crippen molar-refractivity contribution in [2.45, 2.75) is 25.2 Å². The molecule has 1 saturated carbocycles. The van der Waals surface area contributed by atoms with Gasteiger partial charge in [-0.05, 0) is 37.0 Å². The number of nitro groups is 1. The number of anilines is 1. The van der Waals surface area contributed by atoms with Crippen LogP contribution in [0.3, 0.4) is 0 Å². The van der Waals surface area contributed by atoms with Crippen LogP contribution in [0.4, 0.5) is 11.4 Å². The lowest BCUT2D eigenvalue weighted by atomic mass is 10.0. The minimum atomic E-state index is -0.422. The van der Waals surface area contributed by atoms with Gasteiger partial charge in [0.1, 0.15) is 0 Å². The van der Waals surface area contributed by atoms with Gasteiger partial charge in [-0.15, -0.1) is 0 Å². The maximum atomic E-state index is 13.4. The van der Waals surface area contributed by atoms with E-state index in [-0.39, 0.29) is 11.6 Å². The number of nitro benzene ring substituents is 1. The molecule has 0 saturated heterocycles. The van der Waals surface area contributed by atoms with Crippen molar-refractivity contribution >= 4 is 28.2 Å². The Labute approximate surface area is 155 Å². The first kappa shape index (κ1) is 15.9. The van der Waals surface area contributed by atoms with Crippen molar-refractivity contribution in [2.24, 2.45) is 0 Å². The molecule has 2 aliphatic rings. The zero-order valence-corrected chi connectivity index (χ0v) is 14.6. The highest BCUT2D eigenvalue weighted by atomic mass is 16.6. The molecule has 1 aliphatic carbocycles. The number of aromatic nitrogens is 1. The van der Waals surface area contributed by atoms with E-state index in [1.54, 1.807) is 11.0 Å². The highest BCUT2D eigenvalue weighted by Gasteiger charge is 2.31. The molecule has 134 valence electrons. The molecule has 5 rings (SSSR count). The first-order valence-electron chi connectivity index (χ1n) is 9.10. The van der Waals surface area contributed by atoms with Gasteiger partial charge in [0.05, 0.1) is 21.7 Å². The number of pyridine rings is 1. The fourth-order valence-electron chi connectivity index (χ4n) is 3.80. The lowest BCUT2D eigenvalue weighted by Gasteiger charge is -2.19. The smallest absolute Gasteiger partial charge is 0.271 e. The van der Waals surface area contributed by atoms with Gasteiger partial charge in [0, 0.05) is 35.7 Å². The summed E-state index contributed by atoms with van der Waals surface area (Å²) in [5.74, 6) is 0.322. The molecule has 0 atom stereocenters. The van der Waals surface area contributed by atoms with Crippen LogP contribution in [-0.4, -0.2) is 22.4 Å². The number of fused-ring (bicyclic) bond motifs is 2. The van der Waals surface area contributed by atoms with Crippen LogP contribution in [0.5, 0.6) is 0 Å². The Morgan fingerprint density at radius 2 is 1.96 bits per heavy atom. The van der Waals surface area contributed by atoms with Crippen LogP contribution in [0.25, 0.3) is 10.9 Å². The van der Waals surface area contributed by atoms with Crippen LogP contribution in [0.2, 0.25) is 0 Å². The van der Waals surface area contributed by atoms with Crippen LogP contribution >= 0.6 is 0 Å². The van der Waals surface area contributed by atoms with Crippen LogP contribution in [0.1, 0.15) is 40.4 Å². The molecule has 2 aromatic carbocycles. The summed E-state index contributed by atoms with van der Waals surface area (Å²) in [6.07, 6.45) is 2.92. The maximum absolute atomic E-state index is 13.4. The summed E-state index contributed by atoms with van der Waals surface area (Å²) >= 11 is 0. The van der Waals surface area contributed by atoms with Gasteiger partial charge in [0.2, 0.25) is 0 Å². The fraction of sp³-hybridized carbons (Fsp3) is 0.238. The minimum absolute atomic E-state index is 0.00621. The number of para-hydroxylation sites is 1. The van der Waals surface area contributed by atoms with Crippen LogP contribution in [-0.2, 0) is 6.42 Å². The predicted octanol–water partition coefficient (Wildman–Crippen LogP) is 4.22. The summed E-state index contributed by atoms with van der Waals surface area (Å²) in [4.78, 5) is 30.5. The lowest BCUT2D eigenvalue weighted by Crippen LogP contribution is -2.29. The number of rotatable bonds is 3. The van der Waals surface area contributed by atoms with E-state index in [0.29, 0.717) is 30.1 Å². The number of hydrogen-bond donors (Lipinski definition) is 0. The highest BCUT2D eigenvalue weighted by Crippen LogP contribution is 2.41. The molecule has 0 spiro atoms. The van der Waals surface area contributed by atoms with Gasteiger partial charge in [-0.2, -0.15) is 0 Å². The maximum Gasteiger partial charge on any atom is 0.271 e. The average molecular weight is 359 g/mol. The molecular weight excluding hydrogens is 342 g/mol. The van der Waals surface area contributed by atoms with Gasteiger partial charge in [-0.1, -0.05) is 24.3 Å². The van der Waals surface area contributed by atoms with E-state index in [1.165, 1.54) is 12.1 Å². The largest absolute Gasteiger partial charge is 0.307 e. The molecule has 27 heavy (non-hydrogen) atoms. The van der Waals surface area contributed by atoms with E-state index in [1.807, 2.05) is 30.3 Å². The van der Waals surface area contributed by atoms with Gasteiger partial charge >= 0.3 is 0 Å². The second kappa shape index (κ2) is 5.87. The summed E-state index contributed by atoms with van der Waals surface area (Å²) in [5.41, 5.74) is 4.03. The van der Waals surface area contributed by atoms with E-state index in [9.17, 15) is 14.9 Å². The summed E-state index contributed by atoms with van der Waals surface area (Å²) < 4.78 is 0. The first-order valence-corrected chi connectivity index (χ1v) is 9.10. The van der Waals surface area contributed by atoms with E-state index >= 15 is 0 Å². The first-order chi connectivity index (χ1) is 13.1. The zero-order valence-electron chi connectivity index (χ0n) is 14.6. The lowest BCUT2D eigenvalue weighted by molar-refractivity contribution is -0.384. The monoisotopic (exact) mass is 359 g/mol. The van der Waals surface area contributed by atoms with Crippen LogP contribution < -0.4 is 4.90 Å². The van der Waals surface area contributed by atoms with Crippen molar-refractivity contribution in [1.82, 2.24) is 4.98 Å². The molecular formula is C21H17N3O3. The molecule has 6 heteroatoms. The average Bonchev–Trinajstić information content (AvgIpc) is 3.45. The van der Waals surface area contributed by atoms with E-state index in [0.717, 1.165) is 35.0 Å². The van der Waals surface area contributed by atoms with Crippen molar-refractivity contribution in [2.75, 3.05) is 11.4 Å². The highest BCUT2D eigenvalue weighted by molar-refractivity contribution is 6.14. The number of hydrogen-bond acceptors (Lipinski definition) is 4. The van der Waals surface area contributed by atoms with Crippen molar-refractivity contribution < 1.29 is 9.72 Å². The summed E-state index contributed by atoms with van der Waals surface area (Å²) in [6.45, 7) is 0.532. The van der Waals surface area contributed by atoms with Gasteiger partial charge in [-0.25, -0.2) is 0 Å². The van der Waals surface area contributed by atoms with Gasteiger partial charge < -0.3 is 4.90 Å². The van der Waals surface area contributed by atoms with Crippen LogP contribution in [0, 0.1) is 10.1 Å². The molecule has 0 unspecified atom stereocenters. The number of benzene rings is 2. The van der Waals surface area contributed by atoms with Gasteiger partial charge in [-0.3, -0.25) is 19.9 Å². The van der Waals surface area contributed by atoms with E-state index in [2.05, 4.69) is 0 Å². The third kappa shape index (κ3) is 2.65. The molecule has 3 aromatic rings. The predicted molar refractivity (Wildman–Crippen MR) is 102 cm³/mol. The third-order valence-corrected chi connectivity index (χ3v) is 5.38. The molecule has 0 radical (unpaired) electrons. The van der Waals surface area contributed by atoms with E-state index in [4.69, 9.17) is 4.98 Å². The number of carbonyl (C=O) groups excluding carboxylic acids is 1. The van der Waals surface area contributed by atoms with Crippen molar-refractivity contribution in [3.63, 3.8) is 0 Å². The quantitative estimate of drug-likeness (QED) is 0.518. The standard InChI is InChI=1S/C21H17N3O3/c25-21(23-10-9-14-7-8-15(24(26)27)11-20(14)23)17-12-19(13-5-6-13)22-18-4-2-1-3-16(17)18/h1-4,7-8,11-13H,5-6,9-10H2. The second-order valence-electron chi connectivity index (χ2n) is 7.16. The molecule has 6 nitrogen and oxygen atoms in total. The molecule has 1 amide bonds. The Hall–Kier alpha value is -3.28. The molecule has 0 N–H and O–H groups in total. The minimum Gasteiger partial charge on any atom is -0.307 e. The number of non-ortho nitro benzene ring substituents is 1. The number of amides is 1. The molecule has 1 aromatic heterocycles. The molecule has 0 bridgehead atoms. The van der Waals surface area contributed by atoms with E-state index < -0.39 is 4.92 Å². The van der Waals surface area contributed by atoms with Crippen molar-refractivity contribution in [3.8, 4) is 0 Å². The molecule has 1 aliphatic heterocycles. The Morgan fingerprint density at radius 3 is 2.74 bits per heavy atom. The van der Waals surface area contributed by atoms with Gasteiger partial charge in [0.25, 0.3) is 11.6 Å². The second-order valence-corrected chi connectivity index (χ2v) is 7.16. The Kier molecular flexibility index (Phi) is 3.47.